The smallest absolute Gasteiger partial charge is 0.168 e. The predicted molar refractivity (Wildman–Crippen MR) is 73.6 cm³/mol. The third-order valence-electron chi connectivity index (χ3n) is 3.50. The second-order valence-corrected chi connectivity index (χ2v) is 4.65. The maximum Gasteiger partial charge on any atom is 0.168 e. The van der Waals surface area contributed by atoms with Crippen molar-refractivity contribution in [2.75, 3.05) is 13.7 Å². The Morgan fingerprint density at radius 1 is 1.33 bits per heavy atom. The zero-order valence-corrected chi connectivity index (χ0v) is 11.8. The lowest BCUT2D eigenvalue weighted by molar-refractivity contribution is 0.355. The van der Waals surface area contributed by atoms with E-state index < -0.39 is 0 Å². The molecule has 1 N–H and O–H groups in total. The van der Waals surface area contributed by atoms with Gasteiger partial charge in [0.15, 0.2) is 11.6 Å². The van der Waals surface area contributed by atoms with Crippen LogP contribution in [0.4, 0.5) is 4.39 Å². The van der Waals surface area contributed by atoms with Gasteiger partial charge in [-0.25, -0.2) is 4.39 Å². The molecule has 1 aromatic rings. The first-order chi connectivity index (χ1) is 8.63. The molecule has 0 bridgehead atoms. The molecule has 2 atom stereocenters. The highest BCUT2D eigenvalue weighted by Gasteiger charge is 2.18. The summed E-state index contributed by atoms with van der Waals surface area (Å²) in [6, 6.07) is 5.75. The van der Waals surface area contributed by atoms with Crippen LogP contribution in [0, 0.1) is 11.7 Å². The second kappa shape index (κ2) is 7.37. The van der Waals surface area contributed by atoms with Gasteiger partial charge in [-0.15, -0.1) is 0 Å². The molecule has 0 aliphatic heterocycles. The number of hydrogen-bond acceptors (Lipinski definition) is 2. The Morgan fingerprint density at radius 3 is 2.61 bits per heavy atom. The van der Waals surface area contributed by atoms with Crippen molar-refractivity contribution in [3.63, 3.8) is 0 Å². The minimum atomic E-state index is -0.220. The van der Waals surface area contributed by atoms with Crippen LogP contribution in [0.3, 0.4) is 0 Å². The molecule has 102 valence electrons. The molecule has 1 aromatic carbocycles. The van der Waals surface area contributed by atoms with Gasteiger partial charge >= 0.3 is 0 Å². The van der Waals surface area contributed by atoms with E-state index in [1.165, 1.54) is 7.11 Å². The van der Waals surface area contributed by atoms with E-state index in [4.69, 9.17) is 4.74 Å². The van der Waals surface area contributed by atoms with Gasteiger partial charge in [0.2, 0.25) is 0 Å². The van der Waals surface area contributed by atoms with E-state index in [0.29, 0.717) is 17.7 Å². The minimum absolute atomic E-state index is 0.220. The van der Waals surface area contributed by atoms with Crippen molar-refractivity contribution in [2.45, 2.75) is 39.7 Å². The van der Waals surface area contributed by atoms with Gasteiger partial charge in [-0.1, -0.05) is 32.4 Å². The molecule has 0 aliphatic rings. The summed E-state index contributed by atoms with van der Waals surface area (Å²) in [7, 11) is 1.50. The molecule has 0 aromatic heterocycles. The van der Waals surface area contributed by atoms with Crippen LogP contribution in [0.15, 0.2) is 18.2 Å². The number of rotatable bonds is 7. The van der Waals surface area contributed by atoms with Crippen LogP contribution in [0.5, 0.6) is 5.75 Å². The van der Waals surface area contributed by atoms with Gasteiger partial charge in [-0.3, -0.25) is 0 Å². The fourth-order valence-corrected chi connectivity index (χ4v) is 2.32. The molecular formula is C15H24FNO. The van der Waals surface area contributed by atoms with E-state index in [0.717, 1.165) is 24.9 Å². The van der Waals surface area contributed by atoms with Gasteiger partial charge in [0.25, 0.3) is 0 Å². The van der Waals surface area contributed by atoms with Crippen LogP contribution < -0.4 is 10.1 Å². The van der Waals surface area contributed by atoms with Gasteiger partial charge in [-0.2, -0.15) is 0 Å². The van der Waals surface area contributed by atoms with Crippen molar-refractivity contribution in [2.24, 2.45) is 5.92 Å². The highest BCUT2D eigenvalue weighted by molar-refractivity contribution is 5.31. The van der Waals surface area contributed by atoms with Crippen molar-refractivity contribution in [1.29, 1.82) is 0 Å². The van der Waals surface area contributed by atoms with Gasteiger partial charge in [0.05, 0.1) is 7.11 Å². The standard InChI is InChI=1S/C15H24FNO/c1-5-12(11(3)17-6-2)10-13-8-7-9-14(18-4)15(13)16/h7-9,11-12,17H,5-6,10H2,1-4H3. The van der Waals surface area contributed by atoms with Crippen molar-refractivity contribution >= 4 is 0 Å². The van der Waals surface area contributed by atoms with Gasteiger partial charge in [0, 0.05) is 6.04 Å². The maximum absolute atomic E-state index is 14.1. The fraction of sp³-hybridized carbons (Fsp3) is 0.600. The molecule has 2 nitrogen and oxygen atoms in total. The first kappa shape index (κ1) is 15.0. The summed E-state index contributed by atoms with van der Waals surface area (Å²) in [5.74, 6) is 0.548. The zero-order valence-electron chi connectivity index (χ0n) is 11.8. The molecule has 3 heteroatoms. The summed E-state index contributed by atoms with van der Waals surface area (Å²) >= 11 is 0. The fourth-order valence-electron chi connectivity index (χ4n) is 2.32. The molecule has 18 heavy (non-hydrogen) atoms. The zero-order chi connectivity index (χ0) is 13.5. The van der Waals surface area contributed by atoms with Crippen molar-refractivity contribution in [3.8, 4) is 5.75 Å². The SMILES string of the molecule is CCNC(C)C(CC)Cc1cccc(OC)c1F. The molecule has 0 heterocycles. The Balaban J connectivity index is 2.81. The molecular weight excluding hydrogens is 229 g/mol. The number of benzene rings is 1. The molecule has 0 saturated heterocycles. The average Bonchev–Trinajstić information content (AvgIpc) is 2.37. The lowest BCUT2D eigenvalue weighted by atomic mass is 9.90. The van der Waals surface area contributed by atoms with E-state index in [9.17, 15) is 4.39 Å². The Kier molecular flexibility index (Phi) is 6.13. The summed E-state index contributed by atoms with van der Waals surface area (Å²) in [6.07, 6.45) is 1.78. The third kappa shape index (κ3) is 3.70. The first-order valence-electron chi connectivity index (χ1n) is 6.68. The molecule has 0 amide bonds. The van der Waals surface area contributed by atoms with Crippen LogP contribution >= 0.6 is 0 Å². The molecule has 0 spiro atoms. The Labute approximate surface area is 110 Å². The normalized spacial score (nSPS) is 14.3. The van der Waals surface area contributed by atoms with E-state index in [1.807, 2.05) is 12.1 Å². The summed E-state index contributed by atoms with van der Waals surface area (Å²) in [4.78, 5) is 0. The second-order valence-electron chi connectivity index (χ2n) is 4.65. The van der Waals surface area contributed by atoms with E-state index in [-0.39, 0.29) is 5.82 Å². The van der Waals surface area contributed by atoms with E-state index in [1.54, 1.807) is 6.07 Å². The van der Waals surface area contributed by atoms with Crippen LogP contribution in [0.2, 0.25) is 0 Å². The highest BCUT2D eigenvalue weighted by Crippen LogP contribution is 2.24. The quantitative estimate of drug-likeness (QED) is 0.804. The van der Waals surface area contributed by atoms with E-state index in [2.05, 4.69) is 26.1 Å². The van der Waals surface area contributed by atoms with Crippen molar-refractivity contribution < 1.29 is 9.13 Å². The number of halogens is 1. The van der Waals surface area contributed by atoms with Gasteiger partial charge in [0.1, 0.15) is 0 Å². The van der Waals surface area contributed by atoms with E-state index >= 15 is 0 Å². The van der Waals surface area contributed by atoms with Crippen LogP contribution in [0.1, 0.15) is 32.8 Å². The number of hydrogen-bond donors (Lipinski definition) is 1. The monoisotopic (exact) mass is 253 g/mol. The number of ether oxygens (including phenoxy) is 1. The van der Waals surface area contributed by atoms with Crippen molar-refractivity contribution in [1.82, 2.24) is 5.32 Å². The predicted octanol–water partition coefficient (Wildman–Crippen LogP) is 3.40. The highest BCUT2D eigenvalue weighted by atomic mass is 19.1. The molecule has 2 unspecified atom stereocenters. The molecule has 0 radical (unpaired) electrons. The third-order valence-corrected chi connectivity index (χ3v) is 3.50. The Morgan fingerprint density at radius 2 is 2.06 bits per heavy atom. The Bertz CT molecular complexity index is 368. The summed E-state index contributed by atoms with van der Waals surface area (Å²) in [5, 5.41) is 3.41. The topological polar surface area (TPSA) is 21.3 Å². The van der Waals surface area contributed by atoms with Gasteiger partial charge in [-0.05, 0) is 37.4 Å². The number of nitrogens with one attached hydrogen (secondary N) is 1. The summed E-state index contributed by atoms with van der Waals surface area (Å²) in [6.45, 7) is 7.35. The maximum atomic E-state index is 14.1. The Hall–Kier alpha value is -1.09. The molecule has 0 aliphatic carbocycles. The molecule has 0 saturated carbocycles. The van der Waals surface area contributed by atoms with Gasteiger partial charge < -0.3 is 10.1 Å². The molecule has 0 fully saturated rings. The minimum Gasteiger partial charge on any atom is -0.494 e. The van der Waals surface area contributed by atoms with Crippen LogP contribution in [-0.2, 0) is 6.42 Å². The lowest BCUT2D eigenvalue weighted by Crippen LogP contribution is -2.34. The summed E-state index contributed by atoms with van der Waals surface area (Å²) < 4.78 is 19.1. The lowest BCUT2D eigenvalue weighted by Gasteiger charge is -2.24. The average molecular weight is 253 g/mol. The summed E-state index contributed by atoms with van der Waals surface area (Å²) in [5.41, 5.74) is 0.742. The van der Waals surface area contributed by atoms with Crippen LogP contribution in [0.25, 0.3) is 0 Å². The first-order valence-corrected chi connectivity index (χ1v) is 6.68. The number of methoxy groups -OCH3 is 1. The molecule has 1 rings (SSSR count). The van der Waals surface area contributed by atoms with Crippen molar-refractivity contribution in [3.05, 3.63) is 29.6 Å². The largest absolute Gasteiger partial charge is 0.494 e. The van der Waals surface area contributed by atoms with Crippen LogP contribution in [-0.4, -0.2) is 19.7 Å².